The van der Waals surface area contributed by atoms with Gasteiger partial charge in [0.25, 0.3) is 0 Å². The van der Waals surface area contributed by atoms with Crippen LogP contribution in [-0.4, -0.2) is 24.7 Å². The van der Waals surface area contributed by atoms with Crippen molar-refractivity contribution in [3.8, 4) is 23.1 Å². The Bertz CT molecular complexity index is 1480. The van der Waals surface area contributed by atoms with Gasteiger partial charge in [0.2, 0.25) is 0 Å². The molecule has 0 aliphatic carbocycles. The number of pyridine rings is 1. The minimum absolute atomic E-state index is 0.397. The highest BCUT2D eigenvalue weighted by molar-refractivity contribution is 5.85. The Morgan fingerprint density at radius 1 is 0.938 bits per heavy atom. The lowest BCUT2D eigenvalue weighted by molar-refractivity contribution is 0.857. The van der Waals surface area contributed by atoms with E-state index in [0.29, 0.717) is 23.0 Å². The number of para-hydroxylation sites is 1. The number of rotatable bonds is 4. The van der Waals surface area contributed by atoms with E-state index in [1.54, 1.807) is 4.68 Å². The Hall–Kier alpha value is -4.57. The number of aryl methyl sites for hydroxylation is 2. The monoisotopic (exact) mass is 417 g/mol. The summed E-state index contributed by atoms with van der Waals surface area (Å²) in [4.78, 5) is 13.5. The standard InChI is InChI=1S/C25H19N7/c1-16-7-6-10-20-17(2)11-23(31-24(16)20)32-25(19(13-26)14-29-32)30-22-12-21(27-15-28-22)18-8-4-3-5-9-18/h3-12,14-15H,1-2H3,(H,27,28,30). The summed E-state index contributed by atoms with van der Waals surface area (Å²) in [7, 11) is 0. The molecule has 0 bridgehead atoms. The van der Waals surface area contributed by atoms with E-state index in [2.05, 4.69) is 32.5 Å². The van der Waals surface area contributed by atoms with Crippen molar-refractivity contribution in [2.75, 3.05) is 5.32 Å². The molecule has 0 spiro atoms. The molecule has 3 heterocycles. The normalized spacial score (nSPS) is 10.8. The van der Waals surface area contributed by atoms with Crippen LogP contribution in [0.4, 0.5) is 11.6 Å². The molecule has 0 aliphatic heterocycles. The second-order valence-corrected chi connectivity index (χ2v) is 7.48. The molecule has 0 fully saturated rings. The van der Waals surface area contributed by atoms with Gasteiger partial charge in [-0.25, -0.2) is 15.0 Å². The van der Waals surface area contributed by atoms with Crippen molar-refractivity contribution in [3.05, 3.63) is 89.9 Å². The van der Waals surface area contributed by atoms with E-state index in [0.717, 1.165) is 33.3 Å². The Morgan fingerprint density at radius 3 is 2.59 bits per heavy atom. The van der Waals surface area contributed by atoms with E-state index in [9.17, 15) is 5.26 Å². The van der Waals surface area contributed by atoms with Gasteiger partial charge in [0.1, 0.15) is 23.8 Å². The van der Waals surface area contributed by atoms with Crippen LogP contribution < -0.4 is 5.32 Å². The fourth-order valence-electron chi connectivity index (χ4n) is 3.69. The summed E-state index contributed by atoms with van der Waals surface area (Å²) in [6.45, 7) is 4.08. The van der Waals surface area contributed by atoms with Gasteiger partial charge in [0, 0.05) is 17.0 Å². The summed E-state index contributed by atoms with van der Waals surface area (Å²) in [5.74, 6) is 1.70. The molecule has 7 heteroatoms. The molecule has 0 saturated heterocycles. The van der Waals surface area contributed by atoms with E-state index < -0.39 is 0 Å². The molecule has 1 N–H and O–H groups in total. The first-order valence-corrected chi connectivity index (χ1v) is 10.1. The van der Waals surface area contributed by atoms with Crippen LogP contribution in [0.3, 0.4) is 0 Å². The van der Waals surface area contributed by atoms with E-state index in [1.165, 1.54) is 12.5 Å². The van der Waals surface area contributed by atoms with Crippen LogP contribution in [0.25, 0.3) is 28.0 Å². The topological polar surface area (TPSA) is 92.3 Å². The summed E-state index contributed by atoms with van der Waals surface area (Å²) in [6, 6.07) is 22.0. The van der Waals surface area contributed by atoms with Crippen LogP contribution in [0.2, 0.25) is 0 Å². The third-order valence-corrected chi connectivity index (χ3v) is 5.32. The van der Waals surface area contributed by atoms with Crippen molar-refractivity contribution >= 4 is 22.5 Å². The molecule has 0 unspecified atom stereocenters. The lowest BCUT2D eigenvalue weighted by Gasteiger charge is -2.12. The number of hydrogen-bond donors (Lipinski definition) is 1. The fraction of sp³-hybridized carbons (Fsp3) is 0.0800. The first-order chi connectivity index (χ1) is 15.6. The molecule has 0 radical (unpaired) electrons. The highest BCUT2D eigenvalue weighted by Gasteiger charge is 2.16. The predicted molar refractivity (Wildman–Crippen MR) is 124 cm³/mol. The van der Waals surface area contributed by atoms with Crippen LogP contribution in [0, 0.1) is 25.2 Å². The number of nitrogens with one attached hydrogen (secondary N) is 1. The molecule has 0 aliphatic rings. The molecular formula is C25H19N7. The number of benzene rings is 2. The molecule has 7 nitrogen and oxygen atoms in total. The molecule has 0 atom stereocenters. The predicted octanol–water partition coefficient (Wildman–Crippen LogP) is 5.11. The minimum Gasteiger partial charge on any atom is -0.324 e. The number of fused-ring (bicyclic) bond motifs is 1. The summed E-state index contributed by atoms with van der Waals surface area (Å²) in [6.07, 6.45) is 3.03. The zero-order chi connectivity index (χ0) is 22.1. The van der Waals surface area contributed by atoms with Gasteiger partial charge < -0.3 is 5.32 Å². The van der Waals surface area contributed by atoms with E-state index in [4.69, 9.17) is 4.98 Å². The van der Waals surface area contributed by atoms with E-state index in [-0.39, 0.29) is 0 Å². The molecular weight excluding hydrogens is 398 g/mol. The van der Waals surface area contributed by atoms with Crippen LogP contribution in [0.15, 0.2) is 73.2 Å². The summed E-state index contributed by atoms with van der Waals surface area (Å²) < 4.78 is 1.64. The maximum atomic E-state index is 9.66. The molecule has 2 aromatic carbocycles. The van der Waals surface area contributed by atoms with Crippen LogP contribution >= 0.6 is 0 Å². The lowest BCUT2D eigenvalue weighted by atomic mass is 10.1. The van der Waals surface area contributed by atoms with E-state index >= 15 is 0 Å². The van der Waals surface area contributed by atoms with Crippen molar-refractivity contribution in [2.45, 2.75) is 13.8 Å². The van der Waals surface area contributed by atoms with Crippen LogP contribution in [0.5, 0.6) is 0 Å². The number of aromatic nitrogens is 5. The Balaban J connectivity index is 1.59. The Kier molecular flexibility index (Phi) is 4.81. The maximum absolute atomic E-state index is 9.66. The second-order valence-electron chi connectivity index (χ2n) is 7.48. The van der Waals surface area contributed by atoms with Gasteiger partial charge in [-0.1, -0.05) is 48.5 Å². The summed E-state index contributed by atoms with van der Waals surface area (Å²) in [5.41, 5.74) is 5.24. The van der Waals surface area contributed by atoms with Crippen molar-refractivity contribution < 1.29 is 0 Å². The lowest BCUT2D eigenvalue weighted by Crippen LogP contribution is -2.07. The van der Waals surface area contributed by atoms with E-state index in [1.807, 2.05) is 68.4 Å². The van der Waals surface area contributed by atoms with Gasteiger partial charge in [0.05, 0.1) is 17.4 Å². The molecule has 5 rings (SSSR count). The first-order valence-electron chi connectivity index (χ1n) is 10.1. The first kappa shape index (κ1) is 19.4. The summed E-state index contributed by atoms with van der Waals surface area (Å²) in [5, 5.41) is 18.4. The highest BCUT2D eigenvalue weighted by atomic mass is 15.4. The summed E-state index contributed by atoms with van der Waals surface area (Å²) >= 11 is 0. The quantitative estimate of drug-likeness (QED) is 0.437. The van der Waals surface area contributed by atoms with Crippen molar-refractivity contribution in [1.29, 1.82) is 5.26 Å². The molecule has 32 heavy (non-hydrogen) atoms. The molecule has 0 amide bonds. The minimum atomic E-state index is 0.397. The molecule has 154 valence electrons. The van der Waals surface area contributed by atoms with Crippen molar-refractivity contribution in [2.24, 2.45) is 0 Å². The Labute approximate surface area is 185 Å². The van der Waals surface area contributed by atoms with Gasteiger partial charge in [-0.05, 0) is 31.0 Å². The average molecular weight is 417 g/mol. The SMILES string of the molecule is Cc1cc(-n2ncc(C#N)c2Nc2cc(-c3ccccc3)ncn2)nc2c(C)cccc12. The van der Waals surface area contributed by atoms with Gasteiger partial charge in [-0.2, -0.15) is 15.0 Å². The number of anilines is 2. The van der Waals surface area contributed by atoms with Crippen LogP contribution in [-0.2, 0) is 0 Å². The fourth-order valence-corrected chi connectivity index (χ4v) is 3.69. The molecule has 3 aromatic heterocycles. The highest BCUT2D eigenvalue weighted by Crippen LogP contribution is 2.27. The Morgan fingerprint density at radius 2 is 1.78 bits per heavy atom. The van der Waals surface area contributed by atoms with Crippen molar-refractivity contribution in [1.82, 2.24) is 24.7 Å². The largest absolute Gasteiger partial charge is 0.324 e. The smallest absolute Gasteiger partial charge is 0.156 e. The number of nitrogens with zero attached hydrogens (tertiary/aromatic N) is 6. The number of nitriles is 1. The molecule has 5 aromatic rings. The average Bonchev–Trinajstić information content (AvgIpc) is 3.23. The maximum Gasteiger partial charge on any atom is 0.156 e. The zero-order valence-corrected chi connectivity index (χ0v) is 17.6. The van der Waals surface area contributed by atoms with Gasteiger partial charge in [-0.3, -0.25) is 0 Å². The number of hydrogen-bond acceptors (Lipinski definition) is 6. The molecule has 0 saturated carbocycles. The second kappa shape index (κ2) is 7.93. The van der Waals surface area contributed by atoms with Gasteiger partial charge >= 0.3 is 0 Å². The third kappa shape index (κ3) is 3.44. The third-order valence-electron chi connectivity index (χ3n) is 5.32. The van der Waals surface area contributed by atoms with Crippen molar-refractivity contribution in [3.63, 3.8) is 0 Å². The van der Waals surface area contributed by atoms with Gasteiger partial charge in [-0.15, -0.1) is 0 Å². The van der Waals surface area contributed by atoms with Gasteiger partial charge in [0.15, 0.2) is 11.6 Å². The zero-order valence-electron chi connectivity index (χ0n) is 17.6. The van der Waals surface area contributed by atoms with Crippen LogP contribution in [0.1, 0.15) is 16.7 Å².